The molecule has 0 aliphatic rings. The Morgan fingerprint density at radius 1 is 1.58 bits per heavy atom. The van der Waals surface area contributed by atoms with E-state index in [2.05, 4.69) is 27.8 Å². The van der Waals surface area contributed by atoms with E-state index in [1.54, 1.807) is 0 Å². The molecule has 1 rings (SSSR count). The molecule has 0 spiro atoms. The first-order valence-corrected chi connectivity index (χ1v) is 7.32. The summed E-state index contributed by atoms with van der Waals surface area (Å²) >= 11 is 9.61. The molecule has 0 aliphatic carbocycles. The molecule has 0 fully saturated rings. The summed E-state index contributed by atoms with van der Waals surface area (Å²) < 4.78 is 6.39. The lowest BCUT2D eigenvalue weighted by Gasteiger charge is -2.18. The molecule has 0 heterocycles. The van der Waals surface area contributed by atoms with Gasteiger partial charge in [0, 0.05) is 28.6 Å². The fraction of sp³-hybridized carbons (Fsp3) is 0.429. The van der Waals surface area contributed by atoms with E-state index in [4.69, 9.17) is 22.1 Å². The van der Waals surface area contributed by atoms with Gasteiger partial charge in [0.05, 0.1) is 13.2 Å². The zero-order valence-corrected chi connectivity index (χ0v) is 13.4. The first-order chi connectivity index (χ1) is 9.04. The Kier molecular flexibility index (Phi) is 7.64. The molecule has 1 aromatic rings. The molecule has 0 aromatic heterocycles. The summed E-state index contributed by atoms with van der Waals surface area (Å²) in [5.74, 6) is 0. The summed E-state index contributed by atoms with van der Waals surface area (Å²) in [5, 5.41) is 4.05. The minimum absolute atomic E-state index is 0.0361. The molecular formula is C14H20BrClN2O. The number of rotatable bonds is 8. The van der Waals surface area contributed by atoms with Crippen LogP contribution in [0.1, 0.15) is 18.5 Å². The first kappa shape index (κ1) is 16.7. The van der Waals surface area contributed by atoms with E-state index in [1.165, 1.54) is 0 Å². The second kappa shape index (κ2) is 8.72. The quantitative estimate of drug-likeness (QED) is 0.560. The normalized spacial score (nSPS) is 12.4. The summed E-state index contributed by atoms with van der Waals surface area (Å²) in [5.41, 5.74) is 7.81. The Balaban J connectivity index is 2.47. The van der Waals surface area contributed by atoms with Crippen LogP contribution in [0.2, 0.25) is 5.02 Å². The number of hydrogen-bond donors (Lipinski definition) is 2. The Morgan fingerprint density at radius 3 is 2.89 bits per heavy atom. The Labute approximate surface area is 128 Å². The molecule has 0 amide bonds. The summed E-state index contributed by atoms with van der Waals surface area (Å²) in [6.07, 6.45) is 0. The maximum atomic E-state index is 6.22. The number of hydrogen-bond acceptors (Lipinski definition) is 3. The highest BCUT2D eigenvalue weighted by Gasteiger charge is 2.12. The molecule has 106 valence electrons. The maximum absolute atomic E-state index is 6.22. The van der Waals surface area contributed by atoms with Crippen molar-refractivity contribution in [2.24, 2.45) is 5.73 Å². The van der Waals surface area contributed by atoms with Crippen LogP contribution >= 0.6 is 27.5 Å². The van der Waals surface area contributed by atoms with Crippen LogP contribution in [0, 0.1) is 0 Å². The van der Waals surface area contributed by atoms with Gasteiger partial charge >= 0.3 is 0 Å². The van der Waals surface area contributed by atoms with Crippen molar-refractivity contribution in [1.29, 1.82) is 0 Å². The lowest BCUT2D eigenvalue weighted by atomic mass is 10.1. The lowest BCUT2D eigenvalue weighted by molar-refractivity contribution is 0.155. The van der Waals surface area contributed by atoms with Gasteiger partial charge in [0.2, 0.25) is 0 Å². The molecule has 0 radical (unpaired) electrons. The van der Waals surface area contributed by atoms with Gasteiger partial charge in [0.25, 0.3) is 0 Å². The van der Waals surface area contributed by atoms with Crippen molar-refractivity contribution in [3.8, 4) is 0 Å². The SMILES string of the molecule is C=C(C)COCCNC(CN)c1ccc(Br)cc1Cl. The molecule has 1 unspecified atom stereocenters. The Morgan fingerprint density at radius 2 is 2.32 bits per heavy atom. The van der Waals surface area contributed by atoms with Crippen molar-refractivity contribution in [3.05, 3.63) is 45.4 Å². The average Bonchev–Trinajstić information content (AvgIpc) is 2.34. The fourth-order valence-corrected chi connectivity index (χ4v) is 2.46. The molecule has 1 aromatic carbocycles. The van der Waals surface area contributed by atoms with Gasteiger partial charge in [0.15, 0.2) is 0 Å². The van der Waals surface area contributed by atoms with E-state index in [-0.39, 0.29) is 6.04 Å². The van der Waals surface area contributed by atoms with Crippen LogP contribution in [0.25, 0.3) is 0 Å². The summed E-state index contributed by atoms with van der Waals surface area (Å²) in [6, 6.07) is 5.85. The molecular weight excluding hydrogens is 328 g/mol. The zero-order chi connectivity index (χ0) is 14.3. The Hall–Kier alpha value is -0.390. The zero-order valence-electron chi connectivity index (χ0n) is 11.1. The molecule has 19 heavy (non-hydrogen) atoms. The van der Waals surface area contributed by atoms with Gasteiger partial charge in [0.1, 0.15) is 0 Å². The van der Waals surface area contributed by atoms with Crippen LogP contribution in [0.15, 0.2) is 34.8 Å². The standard InChI is InChI=1S/C14H20BrClN2O/c1-10(2)9-19-6-5-18-14(8-17)12-4-3-11(15)7-13(12)16/h3-4,7,14,18H,1,5-6,8-9,17H2,2H3. The highest BCUT2D eigenvalue weighted by atomic mass is 79.9. The predicted octanol–water partition coefficient (Wildman–Crippen LogP) is 3.28. The van der Waals surface area contributed by atoms with E-state index in [0.717, 1.165) is 22.2 Å². The third kappa shape index (κ3) is 6.06. The number of nitrogens with one attached hydrogen (secondary N) is 1. The van der Waals surface area contributed by atoms with E-state index in [0.29, 0.717) is 24.8 Å². The topological polar surface area (TPSA) is 47.3 Å². The molecule has 3 N–H and O–H groups in total. The third-order valence-corrected chi connectivity index (χ3v) is 3.38. The second-order valence-electron chi connectivity index (χ2n) is 4.42. The van der Waals surface area contributed by atoms with Crippen LogP contribution < -0.4 is 11.1 Å². The van der Waals surface area contributed by atoms with Crippen molar-refractivity contribution in [1.82, 2.24) is 5.32 Å². The van der Waals surface area contributed by atoms with Crippen LogP contribution in [0.4, 0.5) is 0 Å². The summed E-state index contributed by atoms with van der Waals surface area (Å²) in [6.45, 7) is 8.15. The van der Waals surface area contributed by atoms with Gasteiger partial charge in [-0.2, -0.15) is 0 Å². The molecule has 5 heteroatoms. The lowest BCUT2D eigenvalue weighted by Crippen LogP contribution is -2.31. The molecule has 0 aliphatic heterocycles. The summed E-state index contributed by atoms with van der Waals surface area (Å²) in [7, 11) is 0. The van der Waals surface area contributed by atoms with Gasteiger partial charge in [-0.15, -0.1) is 0 Å². The number of halogens is 2. The van der Waals surface area contributed by atoms with Gasteiger partial charge in [-0.1, -0.05) is 45.7 Å². The largest absolute Gasteiger partial charge is 0.376 e. The second-order valence-corrected chi connectivity index (χ2v) is 5.74. The minimum atomic E-state index is 0.0361. The average molecular weight is 348 g/mol. The van der Waals surface area contributed by atoms with Crippen molar-refractivity contribution >= 4 is 27.5 Å². The monoisotopic (exact) mass is 346 g/mol. The van der Waals surface area contributed by atoms with Crippen molar-refractivity contribution in [3.63, 3.8) is 0 Å². The highest BCUT2D eigenvalue weighted by Crippen LogP contribution is 2.25. The molecule has 0 saturated heterocycles. The smallest absolute Gasteiger partial charge is 0.0672 e. The van der Waals surface area contributed by atoms with Crippen LogP contribution in [0.3, 0.4) is 0 Å². The number of nitrogens with two attached hydrogens (primary N) is 1. The molecule has 0 saturated carbocycles. The van der Waals surface area contributed by atoms with Crippen molar-refractivity contribution in [2.75, 3.05) is 26.3 Å². The van der Waals surface area contributed by atoms with E-state index >= 15 is 0 Å². The van der Waals surface area contributed by atoms with Crippen molar-refractivity contribution in [2.45, 2.75) is 13.0 Å². The predicted molar refractivity (Wildman–Crippen MR) is 84.6 cm³/mol. The van der Waals surface area contributed by atoms with E-state index in [9.17, 15) is 0 Å². The van der Waals surface area contributed by atoms with Gasteiger partial charge < -0.3 is 15.8 Å². The molecule has 0 bridgehead atoms. The van der Waals surface area contributed by atoms with Crippen LogP contribution in [0.5, 0.6) is 0 Å². The molecule has 3 nitrogen and oxygen atoms in total. The first-order valence-electron chi connectivity index (χ1n) is 6.15. The van der Waals surface area contributed by atoms with Crippen LogP contribution in [-0.2, 0) is 4.74 Å². The number of benzene rings is 1. The highest BCUT2D eigenvalue weighted by molar-refractivity contribution is 9.10. The maximum Gasteiger partial charge on any atom is 0.0672 e. The minimum Gasteiger partial charge on any atom is -0.376 e. The van der Waals surface area contributed by atoms with Gasteiger partial charge in [-0.25, -0.2) is 0 Å². The van der Waals surface area contributed by atoms with E-state index < -0.39 is 0 Å². The van der Waals surface area contributed by atoms with Crippen molar-refractivity contribution < 1.29 is 4.74 Å². The number of ether oxygens (including phenoxy) is 1. The third-order valence-electron chi connectivity index (χ3n) is 2.56. The van der Waals surface area contributed by atoms with Crippen LogP contribution in [-0.4, -0.2) is 26.3 Å². The fourth-order valence-electron chi connectivity index (χ4n) is 1.66. The van der Waals surface area contributed by atoms with E-state index in [1.807, 2.05) is 25.1 Å². The van der Waals surface area contributed by atoms with Gasteiger partial charge in [-0.05, 0) is 24.6 Å². The Bertz CT molecular complexity index is 426. The van der Waals surface area contributed by atoms with Gasteiger partial charge in [-0.3, -0.25) is 0 Å². The molecule has 1 atom stereocenters. The summed E-state index contributed by atoms with van der Waals surface area (Å²) in [4.78, 5) is 0.